The molecule has 5 heteroatoms. The third kappa shape index (κ3) is 4.57. The number of hydrogen-bond donors (Lipinski definition) is 1. The van der Waals surface area contributed by atoms with Crippen LogP contribution in [0.4, 0.5) is 5.69 Å². The van der Waals surface area contributed by atoms with Crippen molar-refractivity contribution in [2.24, 2.45) is 0 Å². The van der Waals surface area contributed by atoms with Crippen molar-refractivity contribution in [1.82, 2.24) is 9.47 Å². The molecule has 0 spiro atoms. The highest BCUT2D eigenvalue weighted by Crippen LogP contribution is 2.12. The minimum atomic E-state index is -0.195. The van der Waals surface area contributed by atoms with Crippen LogP contribution >= 0.6 is 0 Å². The number of rotatable bonds is 6. The Morgan fingerprint density at radius 3 is 2.44 bits per heavy atom. The lowest BCUT2D eigenvalue weighted by Crippen LogP contribution is -2.29. The van der Waals surface area contributed by atoms with E-state index in [-0.39, 0.29) is 11.5 Å². The Morgan fingerprint density at radius 1 is 1.04 bits per heavy atom. The number of hydrogen-bond acceptors (Lipinski definition) is 3. The summed E-state index contributed by atoms with van der Waals surface area (Å²) in [5.41, 5.74) is 2.43. The number of likely N-dealkylation sites (tertiary alicyclic amines) is 1. The molecule has 132 valence electrons. The van der Waals surface area contributed by atoms with Crippen LogP contribution in [0.3, 0.4) is 0 Å². The number of amides is 1. The van der Waals surface area contributed by atoms with Gasteiger partial charge in [-0.2, -0.15) is 0 Å². The van der Waals surface area contributed by atoms with E-state index in [1.807, 2.05) is 24.3 Å². The number of aryl methyl sites for hydroxylation is 1. The van der Waals surface area contributed by atoms with Gasteiger partial charge < -0.3 is 14.8 Å². The fourth-order valence-electron chi connectivity index (χ4n) is 3.12. The zero-order valence-electron chi connectivity index (χ0n) is 14.7. The van der Waals surface area contributed by atoms with Crippen LogP contribution in [0.15, 0.2) is 47.4 Å². The molecule has 1 fully saturated rings. The van der Waals surface area contributed by atoms with Gasteiger partial charge in [0.15, 0.2) is 0 Å². The number of aromatic nitrogens is 1. The summed E-state index contributed by atoms with van der Waals surface area (Å²) in [7, 11) is 0. The van der Waals surface area contributed by atoms with Crippen molar-refractivity contribution in [3.05, 3.63) is 64.1 Å². The van der Waals surface area contributed by atoms with Crippen molar-refractivity contribution in [2.75, 3.05) is 25.0 Å². The van der Waals surface area contributed by atoms with E-state index < -0.39 is 0 Å². The Bertz CT molecular complexity index is 774. The van der Waals surface area contributed by atoms with Crippen LogP contribution < -0.4 is 10.9 Å². The third-order valence-corrected chi connectivity index (χ3v) is 4.72. The van der Waals surface area contributed by atoms with E-state index in [0.717, 1.165) is 31.7 Å². The highest BCUT2D eigenvalue weighted by atomic mass is 16.2. The SMILES string of the molecule is CCc1ccc(NC(=O)c2ccc(=O)n(CCN3CCCC3)c2)cc1. The number of pyridine rings is 1. The zero-order valence-corrected chi connectivity index (χ0v) is 14.7. The van der Waals surface area contributed by atoms with Gasteiger partial charge in [-0.3, -0.25) is 9.59 Å². The fraction of sp³-hybridized carbons (Fsp3) is 0.400. The quantitative estimate of drug-likeness (QED) is 0.880. The van der Waals surface area contributed by atoms with E-state index in [9.17, 15) is 9.59 Å². The molecule has 2 aromatic rings. The first-order chi connectivity index (χ1) is 12.2. The van der Waals surface area contributed by atoms with Crippen molar-refractivity contribution in [3.63, 3.8) is 0 Å². The molecule has 1 aromatic heterocycles. The van der Waals surface area contributed by atoms with Gasteiger partial charge in [-0.15, -0.1) is 0 Å². The van der Waals surface area contributed by atoms with Crippen LogP contribution in [0.2, 0.25) is 0 Å². The Morgan fingerprint density at radius 2 is 1.76 bits per heavy atom. The molecule has 1 saturated heterocycles. The number of anilines is 1. The van der Waals surface area contributed by atoms with Crippen LogP contribution in [0.1, 0.15) is 35.7 Å². The number of nitrogens with zero attached hydrogens (tertiary/aromatic N) is 2. The van der Waals surface area contributed by atoms with Crippen molar-refractivity contribution >= 4 is 11.6 Å². The smallest absolute Gasteiger partial charge is 0.257 e. The van der Waals surface area contributed by atoms with E-state index in [1.165, 1.54) is 24.5 Å². The molecule has 25 heavy (non-hydrogen) atoms. The molecule has 5 nitrogen and oxygen atoms in total. The third-order valence-electron chi connectivity index (χ3n) is 4.72. The van der Waals surface area contributed by atoms with Gasteiger partial charge in [0.05, 0.1) is 5.56 Å². The lowest BCUT2D eigenvalue weighted by molar-refractivity contribution is 0.102. The highest BCUT2D eigenvalue weighted by Gasteiger charge is 2.12. The molecule has 0 bridgehead atoms. The summed E-state index contributed by atoms with van der Waals surface area (Å²) in [6.45, 7) is 5.76. The maximum atomic E-state index is 12.5. The molecular formula is C20H25N3O2. The van der Waals surface area contributed by atoms with Gasteiger partial charge in [0.2, 0.25) is 0 Å². The summed E-state index contributed by atoms with van der Waals surface area (Å²) >= 11 is 0. The Hall–Kier alpha value is -2.40. The predicted octanol–water partition coefficient (Wildman–Crippen LogP) is 2.76. The molecule has 1 aliphatic rings. The van der Waals surface area contributed by atoms with Crippen LogP contribution in [0.25, 0.3) is 0 Å². The average molecular weight is 339 g/mol. The molecule has 0 saturated carbocycles. The second kappa shape index (κ2) is 8.12. The van der Waals surface area contributed by atoms with Crippen LogP contribution in [0, 0.1) is 0 Å². The molecule has 1 N–H and O–H groups in total. The van der Waals surface area contributed by atoms with E-state index >= 15 is 0 Å². The summed E-state index contributed by atoms with van der Waals surface area (Å²) < 4.78 is 1.63. The molecule has 2 heterocycles. The van der Waals surface area contributed by atoms with E-state index in [0.29, 0.717) is 12.1 Å². The van der Waals surface area contributed by atoms with Crippen LogP contribution in [0.5, 0.6) is 0 Å². The van der Waals surface area contributed by atoms with Crippen molar-refractivity contribution in [3.8, 4) is 0 Å². The second-order valence-electron chi connectivity index (χ2n) is 6.50. The fourth-order valence-corrected chi connectivity index (χ4v) is 3.12. The minimum absolute atomic E-state index is 0.0666. The number of benzene rings is 1. The summed E-state index contributed by atoms with van der Waals surface area (Å²) in [4.78, 5) is 26.9. The van der Waals surface area contributed by atoms with Crippen LogP contribution in [-0.4, -0.2) is 35.0 Å². The van der Waals surface area contributed by atoms with E-state index in [1.54, 1.807) is 16.8 Å². The minimum Gasteiger partial charge on any atom is -0.322 e. The molecule has 0 atom stereocenters. The lowest BCUT2D eigenvalue weighted by Gasteiger charge is -2.15. The Labute approximate surface area is 148 Å². The molecular weight excluding hydrogens is 314 g/mol. The van der Waals surface area contributed by atoms with Gasteiger partial charge >= 0.3 is 0 Å². The van der Waals surface area contributed by atoms with Gasteiger partial charge in [0.1, 0.15) is 0 Å². The zero-order chi connectivity index (χ0) is 17.6. The van der Waals surface area contributed by atoms with E-state index in [4.69, 9.17) is 0 Å². The Kier molecular flexibility index (Phi) is 5.66. The first-order valence-corrected chi connectivity index (χ1v) is 8.99. The first kappa shape index (κ1) is 17.4. The molecule has 0 aliphatic carbocycles. The number of nitrogens with one attached hydrogen (secondary N) is 1. The molecule has 0 radical (unpaired) electrons. The number of carbonyl (C=O) groups excluding carboxylic acids is 1. The topological polar surface area (TPSA) is 54.3 Å². The standard InChI is InChI=1S/C20H25N3O2/c1-2-16-5-8-18(9-6-16)21-20(25)17-7-10-19(24)23(15-17)14-13-22-11-3-4-12-22/h5-10,15H,2-4,11-14H2,1H3,(H,21,25). The van der Waals surface area contributed by atoms with Crippen molar-refractivity contribution in [2.45, 2.75) is 32.7 Å². The molecule has 1 amide bonds. The van der Waals surface area contributed by atoms with Gasteiger partial charge in [0.25, 0.3) is 11.5 Å². The monoisotopic (exact) mass is 339 g/mol. The first-order valence-electron chi connectivity index (χ1n) is 8.99. The van der Waals surface area contributed by atoms with Gasteiger partial charge in [-0.05, 0) is 56.1 Å². The van der Waals surface area contributed by atoms with Crippen molar-refractivity contribution < 1.29 is 4.79 Å². The molecule has 1 aromatic carbocycles. The molecule has 1 aliphatic heterocycles. The highest BCUT2D eigenvalue weighted by molar-refractivity contribution is 6.04. The summed E-state index contributed by atoms with van der Waals surface area (Å²) in [5, 5.41) is 2.89. The van der Waals surface area contributed by atoms with Crippen molar-refractivity contribution in [1.29, 1.82) is 0 Å². The number of carbonyl (C=O) groups is 1. The maximum absolute atomic E-state index is 12.5. The second-order valence-corrected chi connectivity index (χ2v) is 6.50. The van der Waals surface area contributed by atoms with Gasteiger partial charge in [-0.1, -0.05) is 19.1 Å². The summed E-state index contributed by atoms with van der Waals surface area (Å²) in [6, 6.07) is 10.9. The summed E-state index contributed by atoms with van der Waals surface area (Å²) in [6.07, 6.45) is 5.09. The molecule has 0 unspecified atom stereocenters. The Balaban J connectivity index is 1.66. The molecule has 3 rings (SSSR count). The van der Waals surface area contributed by atoms with E-state index in [2.05, 4.69) is 17.1 Å². The lowest BCUT2D eigenvalue weighted by atomic mass is 10.1. The van der Waals surface area contributed by atoms with Gasteiger partial charge in [-0.25, -0.2) is 0 Å². The average Bonchev–Trinajstić information content (AvgIpc) is 3.15. The van der Waals surface area contributed by atoms with Gasteiger partial charge in [0, 0.05) is 31.0 Å². The maximum Gasteiger partial charge on any atom is 0.257 e. The normalized spacial score (nSPS) is 14.6. The largest absolute Gasteiger partial charge is 0.322 e. The summed E-state index contributed by atoms with van der Waals surface area (Å²) in [5.74, 6) is -0.195. The predicted molar refractivity (Wildman–Crippen MR) is 100 cm³/mol. The van der Waals surface area contributed by atoms with Crippen LogP contribution in [-0.2, 0) is 13.0 Å².